The van der Waals surface area contributed by atoms with Crippen molar-refractivity contribution in [3.63, 3.8) is 0 Å². The Morgan fingerprint density at radius 2 is 2.32 bits per heavy atom. The van der Waals surface area contributed by atoms with Crippen molar-refractivity contribution in [1.82, 2.24) is 9.88 Å². The molecule has 6 heteroatoms. The first kappa shape index (κ1) is 17.9. The minimum atomic E-state index is 0.0392. The zero-order chi connectivity index (χ0) is 17.8. The summed E-state index contributed by atoms with van der Waals surface area (Å²) in [6.07, 6.45) is 2.00. The van der Waals surface area contributed by atoms with Gasteiger partial charge in [0.1, 0.15) is 12.4 Å². The van der Waals surface area contributed by atoms with Crippen LogP contribution >= 0.6 is 11.3 Å². The Balaban J connectivity index is 1.68. The van der Waals surface area contributed by atoms with Gasteiger partial charge in [-0.25, -0.2) is 4.98 Å². The first-order valence-electron chi connectivity index (χ1n) is 8.71. The van der Waals surface area contributed by atoms with Gasteiger partial charge in [0.05, 0.1) is 10.7 Å². The van der Waals surface area contributed by atoms with Gasteiger partial charge in [-0.15, -0.1) is 11.3 Å². The van der Waals surface area contributed by atoms with Gasteiger partial charge in [0, 0.05) is 30.1 Å². The van der Waals surface area contributed by atoms with Crippen molar-refractivity contribution in [2.75, 3.05) is 13.1 Å². The average molecular weight is 359 g/mol. The summed E-state index contributed by atoms with van der Waals surface area (Å²) in [6, 6.07) is 7.51. The molecule has 1 amide bonds. The van der Waals surface area contributed by atoms with Crippen LogP contribution in [-0.2, 0) is 6.61 Å². The SMILES string of the molecule is Cc1nc(COc2cccc(C(=O)N3CCC(C)CC3CN)c2)cs1. The van der Waals surface area contributed by atoms with Crippen molar-refractivity contribution in [1.29, 1.82) is 0 Å². The van der Waals surface area contributed by atoms with E-state index in [2.05, 4.69) is 11.9 Å². The number of carbonyl (C=O) groups excluding carboxylic acids is 1. The van der Waals surface area contributed by atoms with Crippen molar-refractivity contribution >= 4 is 17.2 Å². The van der Waals surface area contributed by atoms with Crippen LogP contribution in [0.3, 0.4) is 0 Å². The summed E-state index contributed by atoms with van der Waals surface area (Å²) in [4.78, 5) is 19.2. The van der Waals surface area contributed by atoms with Gasteiger partial charge in [-0.3, -0.25) is 4.79 Å². The number of benzene rings is 1. The summed E-state index contributed by atoms with van der Waals surface area (Å²) in [5.41, 5.74) is 7.45. The minimum absolute atomic E-state index is 0.0392. The van der Waals surface area contributed by atoms with Gasteiger partial charge in [-0.1, -0.05) is 13.0 Å². The van der Waals surface area contributed by atoms with E-state index in [0.29, 0.717) is 30.4 Å². The molecule has 2 heterocycles. The highest BCUT2D eigenvalue weighted by Gasteiger charge is 2.29. The molecular weight excluding hydrogens is 334 g/mol. The van der Waals surface area contributed by atoms with E-state index in [0.717, 1.165) is 30.1 Å². The predicted octanol–water partition coefficient (Wildman–Crippen LogP) is 3.23. The third-order valence-corrected chi connectivity index (χ3v) is 5.47. The van der Waals surface area contributed by atoms with Crippen LogP contribution in [0.5, 0.6) is 5.75 Å². The monoisotopic (exact) mass is 359 g/mol. The molecule has 3 rings (SSSR count). The molecule has 2 unspecified atom stereocenters. The van der Waals surface area contributed by atoms with Crippen LogP contribution in [0.25, 0.3) is 0 Å². The Kier molecular flexibility index (Phi) is 5.71. The minimum Gasteiger partial charge on any atom is -0.487 e. The highest BCUT2D eigenvalue weighted by molar-refractivity contribution is 7.09. The molecule has 1 fully saturated rings. The van der Waals surface area contributed by atoms with Crippen molar-refractivity contribution in [3.05, 3.63) is 45.9 Å². The lowest BCUT2D eigenvalue weighted by molar-refractivity contribution is 0.0573. The Hall–Kier alpha value is -1.92. The molecule has 0 saturated carbocycles. The lowest BCUT2D eigenvalue weighted by Crippen LogP contribution is -2.49. The van der Waals surface area contributed by atoms with E-state index < -0.39 is 0 Å². The second-order valence-electron chi connectivity index (χ2n) is 6.69. The van der Waals surface area contributed by atoms with Gasteiger partial charge in [-0.2, -0.15) is 0 Å². The summed E-state index contributed by atoms with van der Waals surface area (Å²) in [7, 11) is 0. The first-order chi connectivity index (χ1) is 12.1. The number of nitrogens with two attached hydrogens (primary N) is 1. The van der Waals surface area contributed by atoms with E-state index in [1.54, 1.807) is 11.3 Å². The van der Waals surface area contributed by atoms with Crippen molar-refractivity contribution in [2.45, 2.75) is 39.3 Å². The summed E-state index contributed by atoms with van der Waals surface area (Å²) in [5.74, 6) is 1.34. The fourth-order valence-electron chi connectivity index (χ4n) is 3.26. The van der Waals surface area contributed by atoms with E-state index in [-0.39, 0.29) is 11.9 Å². The first-order valence-corrected chi connectivity index (χ1v) is 9.59. The van der Waals surface area contributed by atoms with Crippen LogP contribution < -0.4 is 10.5 Å². The predicted molar refractivity (Wildman–Crippen MR) is 99.9 cm³/mol. The number of ether oxygens (including phenoxy) is 1. The molecule has 25 heavy (non-hydrogen) atoms. The fraction of sp³-hybridized carbons (Fsp3) is 0.474. The Morgan fingerprint density at radius 3 is 3.04 bits per heavy atom. The zero-order valence-corrected chi connectivity index (χ0v) is 15.6. The highest BCUT2D eigenvalue weighted by Crippen LogP contribution is 2.25. The number of hydrogen-bond acceptors (Lipinski definition) is 5. The number of aryl methyl sites for hydroxylation is 1. The number of rotatable bonds is 5. The van der Waals surface area contributed by atoms with E-state index in [1.165, 1.54) is 0 Å². The molecular formula is C19H25N3O2S. The van der Waals surface area contributed by atoms with Gasteiger partial charge in [0.2, 0.25) is 0 Å². The maximum absolute atomic E-state index is 12.9. The molecule has 0 spiro atoms. The molecule has 0 aliphatic carbocycles. The van der Waals surface area contributed by atoms with Crippen molar-refractivity contribution in [2.24, 2.45) is 11.7 Å². The molecule has 2 aromatic rings. The maximum atomic E-state index is 12.9. The third-order valence-electron chi connectivity index (χ3n) is 4.65. The van der Waals surface area contributed by atoms with Crippen molar-refractivity contribution in [3.8, 4) is 5.75 Å². The van der Waals surface area contributed by atoms with E-state index in [4.69, 9.17) is 10.5 Å². The van der Waals surface area contributed by atoms with Crippen LogP contribution in [0.4, 0.5) is 0 Å². The number of carbonyl (C=O) groups is 1. The van der Waals surface area contributed by atoms with E-state index in [9.17, 15) is 4.79 Å². The van der Waals surface area contributed by atoms with Crippen molar-refractivity contribution < 1.29 is 9.53 Å². The molecule has 5 nitrogen and oxygen atoms in total. The normalized spacial score (nSPS) is 20.5. The molecule has 1 aromatic carbocycles. The highest BCUT2D eigenvalue weighted by atomic mass is 32.1. The zero-order valence-electron chi connectivity index (χ0n) is 14.8. The molecule has 134 valence electrons. The Morgan fingerprint density at radius 1 is 1.48 bits per heavy atom. The number of aromatic nitrogens is 1. The third kappa shape index (κ3) is 4.38. The van der Waals surface area contributed by atoms with Crippen LogP contribution in [0, 0.1) is 12.8 Å². The number of likely N-dealkylation sites (tertiary alicyclic amines) is 1. The standard InChI is InChI=1S/C19H25N3O2S/c1-13-6-7-22(17(8-13)10-20)19(23)15-4-3-5-18(9-15)24-11-16-12-25-14(2)21-16/h3-5,9,12-13,17H,6-8,10-11,20H2,1-2H3. The lowest BCUT2D eigenvalue weighted by Gasteiger charge is -2.38. The molecule has 0 bridgehead atoms. The van der Waals surface area contributed by atoms with Crippen LogP contribution in [0.1, 0.15) is 40.8 Å². The quantitative estimate of drug-likeness (QED) is 0.890. The van der Waals surface area contributed by atoms with Crippen LogP contribution in [0.2, 0.25) is 0 Å². The summed E-state index contributed by atoms with van der Waals surface area (Å²) >= 11 is 1.61. The van der Waals surface area contributed by atoms with Crippen LogP contribution in [0.15, 0.2) is 29.6 Å². The number of hydrogen-bond donors (Lipinski definition) is 1. The van der Waals surface area contributed by atoms with Gasteiger partial charge in [0.25, 0.3) is 5.91 Å². The van der Waals surface area contributed by atoms with Crippen LogP contribution in [-0.4, -0.2) is 34.9 Å². The molecule has 1 saturated heterocycles. The molecule has 1 aliphatic heterocycles. The number of thiazole rings is 1. The number of amides is 1. The molecule has 2 N–H and O–H groups in total. The number of nitrogens with zero attached hydrogens (tertiary/aromatic N) is 2. The molecule has 1 aromatic heterocycles. The Bertz CT molecular complexity index is 731. The second-order valence-corrected chi connectivity index (χ2v) is 7.75. The summed E-state index contributed by atoms with van der Waals surface area (Å²) in [5, 5.41) is 3.01. The lowest BCUT2D eigenvalue weighted by atomic mass is 9.92. The second kappa shape index (κ2) is 7.97. The summed E-state index contributed by atoms with van der Waals surface area (Å²) in [6.45, 7) is 5.88. The van der Waals surface area contributed by atoms with Gasteiger partial charge >= 0.3 is 0 Å². The Labute approximate surface area is 152 Å². The van der Waals surface area contributed by atoms with E-state index >= 15 is 0 Å². The van der Waals surface area contributed by atoms with E-state index in [1.807, 2.05) is 41.5 Å². The average Bonchev–Trinajstić information content (AvgIpc) is 3.05. The molecule has 1 aliphatic rings. The fourth-order valence-corrected chi connectivity index (χ4v) is 3.86. The smallest absolute Gasteiger partial charge is 0.254 e. The largest absolute Gasteiger partial charge is 0.487 e. The van der Waals surface area contributed by atoms with Gasteiger partial charge in [0.15, 0.2) is 0 Å². The topological polar surface area (TPSA) is 68.5 Å². The maximum Gasteiger partial charge on any atom is 0.254 e. The molecule has 2 atom stereocenters. The van der Waals surface area contributed by atoms with Gasteiger partial charge in [-0.05, 0) is 43.9 Å². The number of piperidine rings is 1. The molecule has 0 radical (unpaired) electrons. The summed E-state index contributed by atoms with van der Waals surface area (Å²) < 4.78 is 5.80. The van der Waals surface area contributed by atoms with Gasteiger partial charge < -0.3 is 15.4 Å².